The highest BCUT2D eigenvalue weighted by Crippen LogP contribution is 2.43. The molecule has 0 aromatic heterocycles. The van der Waals surface area contributed by atoms with E-state index in [2.05, 4.69) is 25.9 Å². The van der Waals surface area contributed by atoms with Crippen molar-refractivity contribution in [1.29, 1.82) is 0 Å². The molecule has 2 atom stereocenters. The van der Waals surface area contributed by atoms with Crippen LogP contribution in [0.4, 0.5) is 10.6 Å². The molecule has 41 heavy (non-hydrogen) atoms. The van der Waals surface area contributed by atoms with Crippen LogP contribution in [-0.4, -0.2) is 77.9 Å². The van der Waals surface area contributed by atoms with Crippen molar-refractivity contribution in [3.05, 3.63) is 22.9 Å². The lowest BCUT2D eigenvalue weighted by atomic mass is 9.94. The van der Waals surface area contributed by atoms with Gasteiger partial charge < -0.3 is 29.8 Å². The minimum atomic E-state index is -1.10. The fourth-order valence-electron chi connectivity index (χ4n) is 5.45. The minimum absolute atomic E-state index is 0.158. The molecule has 4 aliphatic heterocycles. The zero-order valence-corrected chi connectivity index (χ0v) is 25.9. The molecule has 1 fully saturated rings. The summed E-state index contributed by atoms with van der Waals surface area (Å²) in [4.78, 5) is 42.9. The molecule has 0 aliphatic carbocycles. The van der Waals surface area contributed by atoms with Gasteiger partial charge in [0.25, 0.3) is 0 Å². The van der Waals surface area contributed by atoms with Crippen molar-refractivity contribution in [3.63, 3.8) is 0 Å². The number of piperidine rings is 1. The van der Waals surface area contributed by atoms with Crippen LogP contribution >= 0.6 is 27.7 Å². The summed E-state index contributed by atoms with van der Waals surface area (Å²) in [5, 5.41) is 10.3. The van der Waals surface area contributed by atoms with Gasteiger partial charge in [-0.15, -0.1) is 0 Å². The van der Waals surface area contributed by atoms with Gasteiger partial charge in [-0.3, -0.25) is 9.69 Å². The molecule has 220 valence electrons. The van der Waals surface area contributed by atoms with E-state index in [-0.39, 0.29) is 18.6 Å². The molecule has 5 rings (SSSR count). The highest BCUT2D eigenvalue weighted by atomic mass is 79.9. The topological polar surface area (TPSA) is 149 Å². The average Bonchev–Trinajstić information content (AvgIpc) is 3.54. The van der Waals surface area contributed by atoms with E-state index in [0.717, 1.165) is 28.6 Å². The second-order valence-electron chi connectivity index (χ2n) is 11.3. The molecule has 1 saturated heterocycles. The number of amides is 2. The number of rotatable bonds is 7. The number of imidazole rings is 1. The van der Waals surface area contributed by atoms with Crippen molar-refractivity contribution in [1.82, 2.24) is 29.3 Å². The number of aromatic nitrogens is 4. The number of anilines is 1. The number of carboxylic acid groups (broad SMARTS) is 1. The zero-order valence-electron chi connectivity index (χ0n) is 23.5. The zero-order chi connectivity index (χ0) is 29.5. The molecule has 12 nitrogen and oxygen atoms in total. The standard InChI is InChI=1S/C27H34BrN7O5S/c1-15(35(26(37)38)27(2,3)4)24(36)33-8-5-6-16(12-33)7-9-34-13-30-22(29)21-23(34)32-25(31-21)41-20-11-19-18(10-17(20)28)39-14-40-19/h10-11,13,15-16H,5-9,12,14,29H2,1-4H3,(H,37,38)/t15-,16?/m0/s1. The van der Waals surface area contributed by atoms with Crippen LogP contribution in [0.5, 0.6) is 11.5 Å². The van der Waals surface area contributed by atoms with Gasteiger partial charge in [0.15, 0.2) is 34.0 Å². The van der Waals surface area contributed by atoms with E-state index < -0.39 is 17.7 Å². The van der Waals surface area contributed by atoms with Gasteiger partial charge in [0.2, 0.25) is 12.7 Å². The summed E-state index contributed by atoms with van der Waals surface area (Å²) < 4.78 is 13.7. The van der Waals surface area contributed by atoms with Crippen LogP contribution in [0.1, 0.15) is 47.0 Å². The number of hydrogen-bond acceptors (Lipinski definition) is 9. The van der Waals surface area contributed by atoms with Gasteiger partial charge in [0.05, 0.1) is 6.33 Å². The van der Waals surface area contributed by atoms with Gasteiger partial charge in [0, 0.05) is 34.5 Å². The van der Waals surface area contributed by atoms with Gasteiger partial charge in [-0.25, -0.2) is 19.7 Å². The predicted octanol–water partition coefficient (Wildman–Crippen LogP) is 4.80. The summed E-state index contributed by atoms with van der Waals surface area (Å²) in [7, 11) is 0. The summed E-state index contributed by atoms with van der Waals surface area (Å²) in [6, 6.07) is 2.99. The molecule has 1 aromatic rings. The summed E-state index contributed by atoms with van der Waals surface area (Å²) in [5.74, 6) is 2.42. The molecule has 0 radical (unpaired) electrons. The predicted molar refractivity (Wildman–Crippen MR) is 156 cm³/mol. The molecule has 3 N–H and O–H groups in total. The number of nitrogens with zero attached hydrogens (tertiary/aromatic N) is 6. The lowest BCUT2D eigenvalue weighted by Crippen LogP contribution is -2.57. The van der Waals surface area contributed by atoms with E-state index in [9.17, 15) is 14.7 Å². The molecule has 0 saturated carbocycles. The van der Waals surface area contributed by atoms with Gasteiger partial charge in [-0.05, 0) is 92.7 Å². The Morgan fingerprint density at radius 3 is 2.71 bits per heavy atom. The average molecular weight is 649 g/mol. The number of benzene rings is 1. The first-order valence-electron chi connectivity index (χ1n) is 13.5. The summed E-state index contributed by atoms with van der Waals surface area (Å²) in [5.41, 5.74) is 6.01. The summed E-state index contributed by atoms with van der Waals surface area (Å²) in [6.45, 7) is 9.10. The largest absolute Gasteiger partial charge is 0.465 e. The number of ether oxygens (including phenoxy) is 2. The third-order valence-corrected chi connectivity index (χ3v) is 9.22. The van der Waals surface area contributed by atoms with Crippen LogP contribution in [0.25, 0.3) is 11.5 Å². The van der Waals surface area contributed by atoms with Gasteiger partial charge >= 0.3 is 6.09 Å². The number of carbonyl (C=O) groups is 2. The van der Waals surface area contributed by atoms with Gasteiger partial charge in [-0.2, -0.15) is 0 Å². The normalized spacial score (nSPS) is 17.6. The maximum absolute atomic E-state index is 13.3. The molecule has 2 amide bonds. The number of halogens is 1. The second-order valence-corrected chi connectivity index (χ2v) is 13.2. The smallest absolute Gasteiger partial charge is 0.408 e. The third-order valence-electron chi connectivity index (χ3n) is 7.38. The maximum Gasteiger partial charge on any atom is 0.408 e. The Balaban J connectivity index is 1.27. The lowest BCUT2D eigenvalue weighted by Gasteiger charge is -2.41. The van der Waals surface area contributed by atoms with Crippen LogP contribution in [0.2, 0.25) is 0 Å². The molecule has 0 bridgehead atoms. The van der Waals surface area contributed by atoms with Crippen molar-refractivity contribution < 1.29 is 24.2 Å². The number of nitrogen functional groups attached to an aromatic ring is 1. The maximum atomic E-state index is 13.3. The third kappa shape index (κ3) is 6.17. The van der Waals surface area contributed by atoms with E-state index in [1.807, 2.05) is 21.6 Å². The Morgan fingerprint density at radius 1 is 1.27 bits per heavy atom. The number of likely N-dealkylation sites (tertiary alicyclic amines) is 1. The number of fused-ring (bicyclic) bond motifs is 2. The van der Waals surface area contributed by atoms with Crippen LogP contribution < -0.4 is 15.2 Å². The summed E-state index contributed by atoms with van der Waals surface area (Å²) in [6.07, 6.45) is 3.24. The molecule has 0 spiro atoms. The van der Waals surface area contributed by atoms with Crippen molar-refractivity contribution in [2.24, 2.45) is 5.92 Å². The summed E-state index contributed by atoms with van der Waals surface area (Å²) >= 11 is 4.97. The molecule has 1 unspecified atom stereocenters. The Labute approximate surface area is 251 Å². The molecule has 4 heterocycles. The van der Waals surface area contributed by atoms with Crippen LogP contribution in [0, 0.1) is 5.92 Å². The SMILES string of the molecule is C[C@@H](C(=O)N1CCCC(CCn2cnc(N)c3nc(Sc4cc5c(cc4Br)OCO5)nc2-3)C1)N(C(=O)O)C(C)(C)C. The minimum Gasteiger partial charge on any atom is -0.465 e. The second kappa shape index (κ2) is 11.6. The van der Waals surface area contributed by atoms with E-state index >= 15 is 0 Å². The first-order valence-corrected chi connectivity index (χ1v) is 15.1. The Kier molecular flexibility index (Phi) is 8.24. The molecule has 14 heteroatoms. The van der Waals surface area contributed by atoms with Crippen LogP contribution in [0.15, 0.2) is 33.0 Å². The number of nitrogens with two attached hydrogens (primary N) is 1. The Hall–Kier alpha value is -3.26. The van der Waals surface area contributed by atoms with Crippen molar-refractivity contribution in [3.8, 4) is 23.0 Å². The van der Waals surface area contributed by atoms with Crippen molar-refractivity contribution in [2.75, 3.05) is 25.6 Å². The molecule has 4 aliphatic rings. The first kappa shape index (κ1) is 29.2. The fraction of sp³-hybridized carbons (Fsp3) is 0.519. The van der Waals surface area contributed by atoms with Crippen LogP contribution in [-0.2, 0) is 11.3 Å². The Bertz CT molecular complexity index is 1430. The van der Waals surface area contributed by atoms with Gasteiger partial charge in [0.1, 0.15) is 6.04 Å². The number of carbonyl (C=O) groups excluding carboxylic acids is 1. The number of hydrogen-bond donors (Lipinski definition) is 2. The molecular weight excluding hydrogens is 614 g/mol. The van der Waals surface area contributed by atoms with Crippen LogP contribution in [0.3, 0.4) is 0 Å². The fourth-order valence-corrected chi connectivity index (χ4v) is 6.80. The number of aryl methyl sites for hydroxylation is 1. The van der Waals surface area contributed by atoms with Gasteiger partial charge in [-0.1, -0.05) is 0 Å². The highest BCUT2D eigenvalue weighted by molar-refractivity contribution is 9.10. The van der Waals surface area contributed by atoms with E-state index in [4.69, 9.17) is 20.2 Å². The van der Waals surface area contributed by atoms with Crippen molar-refractivity contribution >= 4 is 45.5 Å². The molecule has 1 aromatic carbocycles. The highest BCUT2D eigenvalue weighted by Gasteiger charge is 2.37. The van der Waals surface area contributed by atoms with E-state index in [1.165, 1.54) is 16.7 Å². The lowest BCUT2D eigenvalue weighted by molar-refractivity contribution is -0.139. The van der Waals surface area contributed by atoms with E-state index in [0.29, 0.717) is 53.6 Å². The van der Waals surface area contributed by atoms with Crippen molar-refractivity contribution in [2.45, 2.75) is 75.1 Å². The quantitative estimate of drug-likeness (QED) is 0.366. The monoisotopic (exact) mass is 647 g/mol. The Morgan fingerprint density at radius 2 is 2.00 bits per heavy atom. The van der Waals surface area contributed by atoms with E-state index in [1.54, 1.807) is 34.0 Å². The molecular formula is C27H34BrN7O5S. The first-order chi connectivity index (χ1) is 19.4.